The summed E-state index contributed by atoms with van der Waals surface area (Å²) in [7, 11) is 0. The highest BCUT2D eigenvalue weighted by atomic mass is 35.5. The zero-order valence-electron chi connectivity index (χ0n) is 17.4. The summed E-state index contributed by atoms with van der Waals surface area (Å²) >= 11 is 6.33. The maximum absolute atomic E-state index is 14.0. The monoisotopic (exact) mass is 460 g/mol. The summed E-state index contributed by atoms with van der Waals surface area (Å²) < 4.78 is 18.1. The predicted octanol–water partition coefficient (Wildman–Crippen LogP) is 4.24. The molecule has 2 heterocycles. The molecular weight excluding hydrogens is 443 g/mol. The van der Waals surface area contributed by atoms with Crippen molar-refractivity contribution >= 4 is 22.8 Å². The molecule has 33 heavy (non-hydrogen) atoms. The highest BCUT2D eigenvalue weighted by molar-refractivity contribution is 6.31. The van der Waals surface area contributed by atoms with Crippen LogP contribution < -0.4 is 11.2 Å². The van der Waals surface area contributed by atoms with Gasteiger partial charge < -0.3 is 4.57 Å². The number of imidazole rings is 1. The van der Waals surface area contributed by atoms with E-state index < -0.39 is 17.1 Å². The molecule has 5 aromatic rings. The van der Waals surface area contributed by atoms with Crippen molar-refractivity contribution in [1.82, 2.24) is 18.7 Å². The lowest BCUT2D eigenvalue weighted by molar-refractivity contribution is 0.624. The maximum atomic E-state index is 14.0. The first kappa shape index (κ1) is 20.9. The lowest BCUT2D eigenvalue weighted by Gasteiger charge is -2.13. The number of nitrogens with zero attached hydrogens (tertiary/aromatic N) is 4. The van der Waals surface area contributed by atoms with Crippen molar-refractivity contribution in [3.63, 3.8) is 0 Å². The van der Waals surface area contributed by atoms with Gasteiger partial charge in [0.1, 0.15) is 5.82 Å². The number of hydrogen-bond donors (Lipinski definition) is 0. The van der Waals surface area contributed by atoms with Crippen molar-refractivity contribution in [1.29, 1.82) is 0 Å². The zero-order chi connectivity index (χ0) is 22.9. The molecule has 0 aliphatic rings. The van der Waals surface area contributed by atoms with Crippen LogP contribution in [0.1, 0.15) is 11.1 Å². The van der Waals surface area contributed by atoms with E-state index in [0.717, 1.165) is 15.7 Å². The number of benzene rings is 3. The molecule has 0 aliphatic carbocycles. The summed E-state index contributed by atoms with van der Waals surface area (Å²) in [5, 5.41) is 0.558. The Labute approximate surface area is 192 Å². The van der Waals surface area contributed by atoms with E-state index in [4.69, 9.17) is 11.6 Å². The lowest BCUT2D eigenvalue weighted by Crippen LogP contribution is -2.40. The van der Waals surface area contributed by atoms with Crippen LogP contribution in [0.15, 0.2) is 94.8 Å². The fourth-order valence-electron chi connectivity index (χ4n) is 3.86. The highest BCUT2D eigenvalue weighted by Gasteiger charge is 2.20. The third-order valence-electron chi connectivity index (χ3n) is 5.45. The molecule has 0 saturated heterocycles. The Morgan fingerprint density at radius 2 is 1.64 bits per heavy atom. The van der Waals surface area contributed by atoms with Gasteiger partial charge in [0.15, 0.2) is 11.2 Å². The smallest absolute Gasteiger partial charge is 0.320 e. The van der Waals surface area contributed by atoms with Crippen LogP contribution in [0.2, 0.25) is 5.02 Å². The van der Waals surface area contributed by atoms with E-state index >= 15 is 0 Å². The Bertz CT molecular complexity index is 1590. The van der Waals surface area contributed by atoms with Crippen LogP contribution in [0.5, 0.6) is 0 Å². The summed E-state index contributed by atoms with van der Waals surface area (Å²) in [4.78, 5) is 31.4. The van der Waals surface area contributed by atoms with Crippen LogP contribution in [-0.2, 0) is 13.1 Å². The van der Waals surface area contributed by atoms with Crippen molar-refractivity contribution in [2.75, 3.05) is 0 Å². The SMILES string of the molecule is O=c1c2c(ncn2Cc2ccccc2Cl)n(-c2cccc(F)c2)c(=O)n1Cc1ccccc1. The molecule has 0 bridgehead atoms. The van der Waals surface area contributed by atoms with Gasteiger partial charge in [0.25, 0.3) is 5.56 Å². The first-order valence-corrected chi connectivity index (χ1v) is 10.6. The van der Waals surface area contributed by atoms with Gasteiger partial charge in [-0.15, -0.1) is 0 Å². The predicted molar refractivity (Wildman–Crippen MR) is 126 cm³/mol. The molecule has 0 amide bonds. The topological polar surface area (TPSA) is 61.8 Å². The molecule has 0 unspecified atom stereocenters. The Morgan fingerprint density at radius 3 is 2.39 bits per heavy atom. The fraction of sp³-hybridized carbons (Fsp3) is 0.0800. The summed E-state index contributed by atoms with van der Waals surface area (Å²) in [6, 6.07) is 22.2. The Hall–Kier alpha value is -3.97. The fourth-order valence-corrected chi connectivity index (χ4v) is 4.06. The van der Waals surface area contributed by atoms with E-state index in [1.807, 2.05) is 48.5 Å². The molecule has 0 fully saturated rings. The standard InChI is InChI=1S/C25H18ClFN4O2/c26-21-12-5-4-9-18(21)15-29-16-28-23-22(29)24(32)30(14-17-7-2-1-3-8-17)25(33)31(23)20-11-6-10-19(27)13-20/h1-13,16H,14-15H2. The molecule has 3 aromatic carbocycles. The summed E-state index contributed by atoms with van der Waals surface area (Å²) in [6.45, 7) is 0.360. The molecular formula is C25H18ClFN4O2. The van der Waals surface area contributed by atoms with E-state index in [-0.39, 0.29) is 29.9 Å². The van der Waals surface area contributed by atoms with E-state index in [2.05, 4.69) is 4.98 Å². The Kier molecular flexibility index (Phi) is 5.40. The average Bonchev–Trinajstić information content (AvgIpc) is 3.22. The quantitative estimate of drug-likeness (QED) is 0.394. The van der Waals surface area contributed by atoms with E-state index in [0.29, 0.717) is 5.02 Å². The number of rotatable bonds is 5. The van der Waals surface area contributed by atoms with Crippen LogP contribution >= 0.6 is 11.6 Å². The Morgan fingerprint density at radius 1 is 0.879 bits per heavy atom. The summed E-state index contributed by atoms with van der Waals surface area (Å²) in [5.41, 5.74) is 1.20. The number of halogens is 2. The van der Waals surface area contributed by atoms with Crippen molar-refractivity contribution in [2.45, 2.75) is 13.1 Å². The third kappa shape index (κ3) is 3.87. The minimum absolute atomic E-state index is 0.0705. The third-order valence-corrected chi connectivity index (χ3v) is 5.82. The van der Waals surface area contributed by atoms with E-state index in [9.17, 15) is 14.0 Å². The van der Waals surface area contributed by atoms with Crippen LogP contribution in [0.4, 0.5) is 4.39 Å². The molecule has 8 heteroatoms. The van der Waals surface area contributed by atoms with Gasteiger partial charge in [-0.05, 0) is 35.4 Å². The van der Waals surface area contributed by atoms with Gasteiger partial charge >= 0.3 is 5.69 Å². The van der Waals surface area contributed by atoms with Gasteiger partial charge in [-0.2, -0.15) is 0 Å². The van der Waals surface area contributed by atoms with Crippen LogP contribution in [-0.4, -0.2) is 18.7 Å². The second-order valence-corrected chi connectivity index (χ2v) is 8.02. The molecule has 0 aliphatic heterocycles. The van der Waals surface area contributed by atoms with Crippen molar-refractivity contribution in [2.24, 2.45) is 0 Å². The minimum Gasteiger partial charge on any atom is -0.320 e. The summed E-state index contributed by atoms with van der Waals surface area (Å²) in [6.07, 6.45) is 1.50. The van der Waals surface area contributed by atoms with Crippen molar-refractivity contribution in [3.8, 4) is 5.69 Å². The zero-order valence-corrected chi connectivity index (χ0v) is 18.1. The first-order chi connectivity index (χ1) is 16.0. The van der Waals surface area contributed by atoms with Crippen LogP contribution in [0.25, 0.3) is 16.9 Å². The van der Waals surface area contributed by atoms with E-state index in [1.54, 1.807) is 16.7 Å². The van der Waals surface area contributed by atoms with Gasteiger partial charge in [0.2, 0.25) is 0 Å². The molecule has 0 N–H and O–H groups in total. The van der Waals surface area contributed by atoms with Gasteiger partial charge in [-0.25, -0.2) is 18.7 Å². The molecule has 164 valence electrons. The highest BCUT2D eigenvalue weighted by Crippen LogP contribution is 2.19. The number of fused-ring (bicyclic) bond motifs is 1. The Balaban J connectivity index is 1.78. The summed E-state index contributed by atoms with van der Waals surface area (Å²) in [5.74, 6) is -0.496. The van der Waals surface area contributed by atoms with Crippen molar-refractivity contribution in [3.05, 3.63) is 128 Å². The average molecular weight is 461 g/mol. The molecule has 0 atom stereocenters. The normalized spacial score (nSPS) is 11.2. The number of hydrogen-bond acceptors (Lipinski definition) is 3. The lowest BCUT2D eigenvalue weighted by atomic mass is 10.2. The second kappa shape index (κ2) is 8.52. The molecule has 0 saturated carbocycles. The molecule has 0 radical (unpaired) electrons. The van der Waals surface area contributed by atoms with Crippen molar-refractivity contribution < 1.29 is 4.39 Å². The number of aromatic nitrogens is 4. The second-order valence-electron chi connectivity index (χ2n) is 7.61. The maximum Gasteiger partial charge on any atom is 0.337 e. The first-order valence-electron chi connectivity index (χ1n) is 10.3. The molecule has 5 rings (SSSR count). The van der Waals surface area contributed by atoms with Crippen LogP contribution in [0.3, 0.4) is 0 Å². The van der Waals surface area contributed by atoms with E-state index in [1.165, 1.54) is 29.1 Å². The van der Waals surface area contributed by atoms with Gasteiger partial charge in [0, 0.05) is 5.02 Å². The van der Waals surface area contributed by atoms with Gasteiger partial charge in [0.05, 0.1) is 25.1 Å². The van der Waals surface area contributed by atoms with Crippen LogP contribution in [0, 0.1) is 5.82 Å². The van der Waals surface area contributed by atoms with Gasteiger partial charge in [-0.1, -0.05) is 66.2 Å². The van der Waals surface area contributed by atoms with Gasteiger partial charge in [-0.3, -0.25) is 9.36 Å². The molecule has 6 nitrogen and oxygen atoms in total. The largest absolute Gasteiger partial charge is 0.337 e. The molecule has 2 aromatic heterocycles. The minimum atomic E-state index is -0.593. The molecule has 0 spiro atoms.